The lowest BCUT2D eigenvalue weighted by Gasteiger charge is -2.32. The number of nitrogens with zero attached hydrogens (tertiary/aromatic N) is 2. The molecule has 0 spiro atoms. The molecule has 2 fully saturated rings. The molecule has 3 rings (SSSR count). The van der Waals surface area contributed by atoms with E-state index in [1.54, 1.807) is 27.7 Å². The summed E-state index contributed by atoms with van der Waals surface area (Å²) in [5.41, 5.74) is -5.20. The van der Waals surface area contributed by atoms with Gasteiger partial charge in [0.25, 0.3) is 0 Å². The molecule has 10 heteroatoms. The van der Waals surface area contributed by atoms with Crippen LogP contribution in [0.15, 0.2) is 18.1 Å². The van der Waals surface area contributed by atoms with Gasteiger partial charge in [0.2, 0.25) is 0 Å². The summed E-state index contributed by atoms with van der Waals surface area (Å²) in [6.45, 7) is 7.53. The Labute approximate surface area is 155 Å². The Bertz CT molecular complexity index is 708. The number of hydrogen-bond donors (Lipinski definition) is 0. The van der Waals surface area contributed by atoms with E-state index < -0.39 is 35.8 Å². The number of alkyl halides is 3. The number of rotatable bonds is 4. The highest BCUT2D eigenvalue weighted by atomic mass is 19.4. The molecule has 0 aliphatic carbocycles. The monoisotopic (exact) mass is 390 g/mol. The van der Waals surface area contributed by atoms with Gasteiger partial charge in [0.1, 0.15) is 5.73 Å². The number of aromatic nitrogens is 2. The van der Waals surface area contributed by atoms with Crippen molar-refractivity contribution in [3.63, 3.8) is 0 Å². The summed E-state index contributed by atoms with van der Waals surface area (Å²) in [5, 5.41) is 3.93. The summed E-state index contributed by atoms with van der Waals surface area (Å²) in [5.74, 6) is 0. The van der Waals surface area contributed by atoms with Crippen LogP contribution in [0.3, 0.4) is 0 Å². The van der Waals surface area contributed by atoms with Gasteiger partial charge >= 0.3 is 13.3 Å². The van der Waals surface area contributed by atoms with Crippen LogP contribution in [0.4, 0.5) is 17.6 Å². The summed E-state index contributed by atoms with van der Waals surface area (Å²) < 4.78 is 73.5. The van der Waals surface area contributed by atoms with Gasteiger partial charge in [-0.05, 0) is 40.5 Å². The summed E-state index contributed by atoms with van der Waals surface area (Å²) in [6.07, 6.45) is -1.12. The molecule has 1 aromatic rings. The first-order valence-corrected chi connectivity index (χ1v) is 8.88. The molecule has 0 aromatic carbocycles. The topological polar surface area (TPSA) is 45.5 Å². The molecule has 2 aliphatic rings. The number of hydrogen-bond acceptors (Lipinski definition) is 4. The Morgan fingerprint density at radius 1 is 1.26 bits per heavy atom. The first-order valence-electron chi connectivity index (χ1n) is 8.88. The molecule has 3 heterocycles. The zero-order chi connectivity index (χ0) is 20.0. The molecule has 5 nitrogen and oxygen atoms in total. The van der Waals surface area contributed by atoms with Gasteiger partial charge < -0.3 is 14.0 Å². The molecule has 0 N–H and O–H groups in total. The minimum absolute atomic E-state index is 0.0935. The third kappa shape index (κ3) is 4.07. The predicted molar refractivity (Wildman–Crippen MR) is 91.4 cm³/mol. The second-order valence-corrected chi connectivity index (χ2v) is 7.90. The fourth-order valence-electron chi connectivity index (χ4n) is 3.09. The van der Waals surface area contributed by atoms with Crippen LogP contribution < -0.4 is 0 Å². The van der Waals surface area contributed by atoms with E-state index >= 15 is 0 Å². The van der Waals surface area contributed by atoms with Gasteiger partial charge in [-0.3, -0.25) is 4.68 Å². The van der Waals surface area contributed by atoms with Crippen LogP contribution in [-0.4, -0.2) is 47.0 Å². The van der Waals surface area contributed by atoms with Crippen LogP contribution in [0, 0.1) is 0 Å². The molecular formula is C17H23BF4N2O3. The third-order valence-electron chi connectivity index (χ3n) is 5.32. The number of halogens is 4. The zero-order valence-corrected chi connectivity index (χ0v) is 15.8. The number of ether oxygens (including phenoxy) is 1. The maximum Gasteiger partial charge on any atom is 0.525 e. The second kappa shape index (κ2) is 6.90. The molecule has 2 saturated heterocycles. The normalized spacial score (nSPS) is 25.8. The maximum atomic E-state index is 14.9. The minimum atomic E-state index is -4.93. The molecule has 150 valence electrons. The van der Waals surface area contributed by atoms with Gasteiger partial charge in [0, 0.05) is 18.4 Å². The van der Waals surface area contributed by atoms with Gasteiger partial charge in [0.15, 0.2) is 0 Å². The van der Waals surface area contributed by atoms with Gasteiger partial charge in [-0.1, -0.05) is 0 Å². The molecule has 1 aromatic heterocycles. The Morgan fingerprint density at radius 3 is 2.41 bits per heavy atom. The lowest BCUT2D eigenvalue weighted by molar-refractivity contribution is -0.0699. The van der Waals surface area contributed by atoms with E-state index in [1.807, 2.05) is 0 Å². The molecule has 2 aliphatic heterocycles. The molecule has 0 bridgehead atoms. The Kier molecular flexibility index (Phi) is 5.20. The molecule has 0 amide bonds. The standard InChI is InChI=1S/C17H23BF4N2O3/c1-15(2)16(3,4)27-18(26-15)14(19)13(17(20,21)22)11-8-23-24(9-11)10-12-6-5-7-25-12/h8-9,12H,5-7,10H2,1-4H3. The Morgan fingerprint density at radius 2 is 1.89 bits per heavy atom. The Balaban J connectivity index is 1.90. The highest BCUT2D eigenvalue weighted by Gasteiger charge is 2.55. The van der Waals surface area contributed by atoms with E-state index in [9.17, 15) is 17.6 Å². The highest BCUT2D eigenvalue weighted by molar-refractivity contribution is 6.55. The van der Waals surface area contributed by atoms with E-state index in [1.165, 1.54) is 10.9 Å². The third-order valence-corrected chi connectivity index (χ3v) is 5.32. The fourth-order valence-corrected chi connectivity index (χ4v) is 3.09. The average Bonchev–Trinajstić information content (AvgIpc) is 3.21. The van der Waals surface area contributed by atoms with Crippen molar-refractivity contribution in [3.8, 4) is 0 Å². The maximum absolute atomic E-state index is 14.9. The quantitative estimate of drug-likeness (QED) is 0.577. The van der Waals surface area contributed by atoms with Crippen molar-refractivity contribution in [1.29, 1.82) is 0 Å². The number of allylic oxidation sites excluding steroid dienone is 1. The van der Waals surface area contributed by atoms with Gasteiger partial charge in [-0.25, -0.2) is 4.39 Å². The predicted octanol–water partition coefficient (Wildman–Crippen LogP) is 3.94. The SMILES string of the molecule is CC1(C)OB(C(F)=C(c2cnn(CC3CCCO3)c2)C(F)(F)F)OC1(C)C. The van der Waals surface area contributed by atoms with Crippen molar-refractivity contribution < 1.29 is 31.6 Å². The van der Waals surface area contributed by atoms with E-state index in [4.69, 9.17) is 14.0 Å². The summed E-state index contributed by atoms with van der Waals surface area (Å²) in [6, 6.07) is 0. The minimum Gasteiger partial charge on any atom is -0.398 e. The van der Waals surface area contributed by atoms with E-state index in [0.717, 1.165) is 19.0 Å². The zero-order valence-electron chi connectivity index (χ0n) is 15.8. The van der Waals surface area contributed by atoms with Crippen LogP contribution in [0.5, 0.6) is 0 Å². The Hall–Kier alpha value is -1.39. The first-order chi connectivity index (χ1) is 12.4. The van der Waals surface area contributed by atoms with Crippen molar-refractivity contribution in [2.24, 2.45) is 0 Å². The summed E-state index contributed by atoms with van der Waals surface area (Å²) in [7, 11) is -1.73. The van der Waals surface area contributed by atoms with Crippen molar-refractivity contribution in [3.05, 3.63) is 23.7 Å². The first kappa shape index (κ1) is 20.4. The van der Waals surface area contributed by atoms with Crippen molar-refractivity contribution >= 4 is 12.7 Å². The van der Waals surface area contributed by atoms with Crippen LogP contribution >= 0.6 is 0 Å². The smallest absolute Gasteiger partial charge is 0.398 e. The van der Waals surface area contributed by atoms with E-state index in [0.29, 0.717) is 13.2 Å². The van der Waals surface area contributed by atoms with E-state index in [2.05, 4.69) is 5.10 Å². The van der Waals surface area contributed by atoms with Crippen LogP contribution in [0.25, 0.3) is 5.57 Å². The van der Waals surface area contributed by atoms with E-state index in [-0.39, 0.29) is 11.7 Å². The highest BCUT2D eigenvalue weighted by Crippen LogP contribution is 2.43. The molecule has 27 heavy (non-hydrogen) atoms. The molecule has 0 radical (unpaired) electrons. The van der Waals surface area contributed by atoms with Gasteiger partial charge in [0.05, 0.1) is 35.6 Å². The second-order valence-electron chi connectivity index (χ2n) is 7.90. The molecule has 0 saturated carbocycles. The van der Waals surface area contributed by atoms with Gasteiger partial charge in [-0.15, -0.1) is 0 Å². The van der Waals surface area contributed by atoms with Crippen molar-refractivity contribution in [1.82, 2.24) is 9.78 Å². The van der Waals surface area contributed by atoms with Gasteiger partial charge in [-0.2, -0.15) is 18.3 Å². The lowest BCUT2D eigenvalue weighted by Crippen LogP contribution is -2.41. The van der Waals surface area contributed by atoms with Crippen LogP contribution in [0.2, 0.25) is 0 Å². The molecule has 1 unspecified atom stereocenters. The summed E-state index contributed by atoms with van der Waals surface area (Å²) >= 11 is 0. The largest absolute Gasteiger partial charge is 0.525 e. The average molecular weight is 390 g/mol. The van der Waals surface area contributed by atoms with Crippen LogP contribution in [0.1, 0.15) is 46.1 Å². The van der Waals surface area contributed by atoms with Crippen molar-refractivity contribution in [2.75, 3.05) is 6.61 Å². The fraction of sp³-hybridized carbons (Fsp3) is 0.706. The molecular weight excluding hydrogens is 367 g/mol. The van der Waals surface area contributed by atoms with Crippen LogP contribution in [-0.2, 0) is 20.6 Å². The van der Waals surface area contributed by atoms with Crippen molar-refractivity contribution in [2.45, 2.75) is 70.6 Å². The lowest BCUT2D eigenvalue weighted by atomic mass is 9.83. The summed E-state index contributed by atoms with van der Waals surface area (Å²) in [4.78, 5) is 0. The molecule has 1 atom stereocenters.